The summed E-state index contributed by atoms with van der Waals surface area (Å²) in [6.07, 6.45) is -0.213. The maximum absolute atomic E-state index is 13.5. The highest BCUT2D eigenvalue weighted by atomic mass is 79.9. The summed E-state index contributed by atoms with van der Waals surface area (Å²) in [6, 6.07) is 9.24. The fourth-order valence-corrected chi connectivity index (χ4v) is 2.48. The first-order valence-corrected chi connectivity index (χ1v) is 6.75. The van der Waals surface area contributed by atoms with Gasteiger partial charge in [-0.15, -0.1) is 0 Å². The number of carbonyl (C=O) groups is 1. The van der Waals surface area contributed by atoms with Crippen LogP contribution >= 0.6 is 15.9 Å². The quantitative estimate of drug-likeness (QED) is 0.891. The van der Waals surface area contributed by atoms with Crippen LogP contribution in [0.15, 0.2) is 40.9 Å². The second kappa shape index (κ2) is 6.13. The van der Waals surface area contributed by atoms with Gasteiger partial charge in [-0.05, 0) is 36.8 Å². The zero-order valence-corrected chi connectivity index (χ0v) is 12.3. The second-order valence-corrected chi connectivity index (χ2v) is 5.37. The first-order chi connectivity index (χ1) is 9.45. The van der Waals surface area contributed by atoms with E-state index < -0.39 is 17.5 Å². The van der Waals surface area contributed by atoms with E-state index in [-0.39, 0.29) is 12.0 Å². The number of benzene rings is 2. The summed E-state index contributed by atoms with van der Waals surface area (Å²) in [6.45, 7) is 1.90. The van der Waals surface area contributed by atoms with Crippen LogP contribution in [0.3, 0.4) is 0 Å². The maximum atomic E-state index is 13.5. The van der Waals surface area contributed by atoms with E-state index in [1.54, 1.807) is 12.1 Å². The van der Waals surface area contributed by atoms with Crippen molar-refractivity contribution < 1.29 is 13.6 Å². The Balaban J connectivity index is 2.11. The molecule has 0 atom stereocenters. The summed E-state index contributed by atoms with van der Waals surface area (Å²) in [5.74, 6) is -2.33. The summed E-state index contributed by atoms with van der Waals surface area (Å²) < 4.78 is 27.4. The van der Waals surface area contributed by atoms with E-state index >= 15 is 0 Å². The molecule has 0 heterocycles. The van der Waals surface area contributed by atoms with Crippen molar-refractivity contribution in [2.24, 2.45) is 0 Å². The average Bonchev–Trinajstić information content (AvgIpc) is 2.33. The van der Waals surface area contributed by atoms with Gasteiger partial charge in [0.15, 0.2) is 11.6 Å². The minimum atomic E-state index is -0.979. The number of amides is 1. The molecular weight excluding hydrogens is 328 g/mol. The normalized spacial score (nSPS) is 10.4. The maximum Gasteiger partial charge on any atom is 0.228 e. The van der Waals surface area contributed by atoms with E-state index in [0.29, 0.717) is 5.69 Å². The molecule has 104 valence electrons. The van der Waals surface area contributed by atoms with Gasteiger partial charge >= 0.3 is 0 Å². The molecular formula is C15H12BrF2NO. The Morgan fingerprint density at radius 3 is 2.70 bits per heavy atom. The lowest BCUT2D eigenvalue weighted by molar-refractivity contribution is -0.115. The molecule has 0 radical (unpaired) electrons. The molecule has 0 bridgehead atoms. The molecule has 20 heavy (non-hydrogen) atoms. The van der Waals surface area contributed by atoms with Crippen LogP contribution in [0.25, 0.3) is 0 Å². The van der Waals surface area contributed by atoms with Crippen molar-refractivity contribution >= 4 is 27.5 Å². The molecule has 1 N–H and O–H groups in total. The Kier molecular flexibility index (Phi) is 4.49. The molecule has 0 saturated heterocycles. The van der Waals surface area contributed by atoms with Crippen LogP contribution in [0.1, 0.15) is 11.1 Å². The molecule has 2 aromatic carbocycles. The minimum Gasteiger partial charge on any atom is -0.326 e. The van der Waals surface area contributed by atoms with Crippen LogP contribution in [0.2, 0.25) is 0 Å². The fourth-order valence-electron chi connectivity index (χ4n) is 1.87. The summed E-state index contributed by atoms with van der Waals surface area (Å²) in [4.78, 5) is 11.9. The molecule has 1 amide bonds. The third kappa shape index (κ3) is 3.63. The van der Waals surface area contributed by atoms with Gasteiger partial charge in [-0.2, -0.15) is 0 Å². The summed E-state index contributed by atoms with van der Waals surface area (Å²) in [7, 11) is 0. The highest BCUT2D eigenvalue weighted by molar-refractivity contribution is 9.10. The molecule has 2 nitrogen and oxygen atoms in total. The van der Waals surface area contributed by atoms with E-state index in [0.717, 1.165) is 16.1 Å². The number of halogens is 3. The third-order valence-corrected chi connectivity index (χ3v) is 3.17. The number of rotatable bonds is 3. The van der Waals surface area contributed by atoms with Crippen molar-refractivity contribution in [2.45, 2.75) is 13.3 Å². The molecule has 0 spiro atoms. The molecule has 2 aromatic rings. The second-order valence-electron chi connectivity index (χ2n) is 4.46. The van der Waals surface area contributed by atoms with E-state index in [9.17, 15) is 13.6 Å². The number of nitrogens with one attached hydrogen (secondary N) is 1. The molecule has 0 unspecified atom stereocenters. The Labute approximate surface area is 123 Å². The fraction of sp³-hybridized carbons (Fsp3) is 0.133. The highest BCUT2D eigenvalue weighted by Gasteiger charge is 2.12. The van der Waals surface area contributed by atoms with Crippen LogP contribution in [0, 0.1) is 18.6 Å². The largest absolute Gasteiger partial charge is 0.326 e. The number of hydrogen-bond donors (Lipinski definition) is 1. The molecule has 0 aliphatic rings. The standard InChI is InChI=1S/C15H12BrF2NO/c1-9-5-11(16)8-12(6-9)19-14(20)7-10-3-2-4-13(17)15(10)18/h2-6,8H,7H2,1H3,(H,19,20). The van der Waals surface area contributed by atoms with E-state index in [1.165, 1.54) is 12.1 Å². The predicted octanol–water partition coefficient (Wildman–Crippen LogP) is 4.22. The Morgan fingerprint density at radius 1 is 1.25 bits per heavy atom. The summed E-state index contributed by atoms with van der Waals surface area (Å²) in [5.41, 5.74) is 1.62. The zero-order chi connectivity index (χ0) is 14.7. The summed E-state index contributed by atoms with van der Waals surface area (Å²) in [5, 5.41) is 2.66. The Hall–Kier alpha value is -1.75. The lowest BCUT2D eigenvalue weighted by Gasteiger charge is -2.08. The van der Waals surface area contributed by atoms with Gasteiger partial charge in [-0.1, -0.05) is 28.1 Å². The molecule has 5 heteroatoms. The van der Waals surface area contributed by atoms with Gasteiger partial charge in [-0.3, -0.25) is 4.79 Å². The van der Waals surface area contributed by atoms with Crippen molar-refractivity contribution in [1.82, 2.24) is 0 Å². The molecule has 0 fully saturated rings. The molecule has 0 aliphatic heterocycles. The van der Waals surface area contributed by atoms with Crippen molar-refractivity contribution in [3.05, 3.63) is 63.6 Å². The number of hydrogen-bond acceptors (Lipinski definition) is 1. The Morgan fingerprint density at radius 2 is 2.00 bits per heavy atom. The van der Waals surface area contributed by atoms with Crippen LogP contribution in [0.4, 0.5) is 14.5 Å². The Bertz CT molecular complexity index is 638. The van der Waals surface area contributed by atoms with E-state index in [1.807, 2.05) is 13.0 Å². The van der Waals surface area contributed by atoms with Crippen LogP contribution in [0.5, 0.6) is 0 Å². The molecule has 2 rings (SSSR count). The first-order valence-electron chi connectivity index (χ1n) is 5.95. The first kappa shape index (κ1) is 14.7. The van der Waals surface area contributed by atoms with Gasteiger partial charge in [0.05, 0.1) is 6.42 Å². The summed E-state index contributed by atoms with van der Waals surface area (Å²) >= 11 is 3.33. The monoisotopic (exact) mass is 339 g/mol. The average molecular weight is 340 g/mol. The van der Waals surface area contributed by atoms with Gasteiger partial charge in [0.2, 0.25) is 5.91 Å². The van der Waals surface area contributed by atoms with Crippen LogP contribution in [-0.2, 0) is 11.2 Å². The lowest BCUT2D eigenvalue weighted by atomic mass is 10.1. The van der Waals surface area contributed by atoms with Crippen molar-refractivity contribution in [1.29, 1.82) is 0 Å². The molecule has 0 aliphatic carbocycles. The van der Waals surface area contributed by atoms with E-state index in [4.69, 9.17) is 0 Å². The number of anilines is 1. The minimum absolute atomic E-state index is 0.0363. The number of aryl methyl sites for hydroxylation is 1. The predicted molar refractivity (Wildman–Crippen MR) is 77.6 cm³/mol. The smallest absolute Gasteiger partial charge is 0.228 e. The van der Waals surface area contributed by atoms with Gasteiger partial charge < -0.3 is 5.32 Å². The van der Waals surface area contributed by atoms with Gasteiger partial charge in [0.1, 0.15) is 0 Å². The van der Waals surface area contributed by atoms with Gasteiger partial charge in [0, 0.05) is 15.7 Å². The highest BCUT2D eigenvalue weighted by Crippen LogP contribution is 2.19. The zero-order valence-electron chi connectivity index (χ0n) is 10.7. The van der Waals surface area contributed by atoms with Crippen LogP contribution in [-0.4, -0.2) is 5.91 Å². The SMILES string of the molecule is Cc1cc(Br)cc(NC(=O)Cc2cccc(F)c2F)c1. The van der Waals surface area contributed by atoms with Gasteiger partial charge in [-0.25, -0.2) is 8.78 Å². The molecule has 0 aromatic heterocycles. The lowest BCUT2D eigenvalue weighted by Crippen LogP contribution is -2.15. The van der Waals surface area contributed by atoms with Crippen LogP contribution < -0.4 is 5.32 Å². The van der Waals surface area contributed by atoms with Gasteiger partial charge in [0.25, 0.3) is 0 Å². The van der Waals surface area contributed by atoms with Crippen molar-refractivity contribution in [2.75, 3.05) is 5.32 Å². The van der Waals surface area contributed by atoms with E-state index in [2.05, 4.69) is 21.2 Å². The molecule has 0 saturated carbocycles. The topological polar surface area (TPSA) is 29.1 Å². The third-order valence-electron chi connectivity index (χ3n) is 2.71. The van der Waals surface area contributed by atoms with Crippen molar-refractivity contribution in [3.63, 3.8) is 0 Å². The van der Waals surface area contributed by atoms with Crippen molar-refractivity contribution in [3.8, 4) is 0 Å². The number of carbonyl (C=O) groups excluding carboxylic acids is 1.